The second-order valence-electron chi connectivity index (χ2n) is 6.20. The molecule has 0 bridgehead atoms. The van der Waals surface area contributed by atoms with Crippen LogP contribution in [0, 0.1) is 0 Å². The summed E-state index contributed by atoms with van der Waals surface area (Å²) in [5.41, 5.74) is 0.990. The van der Waals surface area contributed by atoms with Gasteiger partial charge in [0.05, 0.1) is 12.7 Å². The van der Waals surface area contributed by atoms with Crippen LogP contribution in [0.15, 0.2) is 48.5 Å². The van der Waals surface area contributed by atoms with Crippen molar-refractivity contribution in [1.82, 2.24) is 9.80 Å². The predicted octanol–water partition coefficient (Wildman–Crippen LogP) is 1.99. The smallest absolute Gasteiger partial charge is 0.335 e. The van der Waals surface area contributed by atoms with Crippen molar-refractivity contribution in [1.29, 1.82) is 0 Å². The van der Waals surface area contributed by atoms with Crippen LogP contribution in [0.25, 0.3) is 0 Å². The van der Waals surface area contributed by atoms with E-state index in [4.69, 9.17) is 9.84 Å². The number of ether oxygens (including phenoxy) is 1. The Labute approximate surface area is 156 Å². The molecule has 2 aromatic carbocycles. The summed E-state index contributed by atoms with van der Waals surface area (Å²) in [6, 6.07) is 12.9. The Morgan fingerprint density at radius 1 is 0.815 bits per heavy atom. The second kappa shape index (κ2) is 7.90. The third-order valence-electron chi connectivity index (χ3n) is 4.55. The first-order valence-corrected chi connectivity index (χ1v) is 8.55. The maximum absolute atomic E-state index is 12.6. The van der Waals surface area contributed by atoms with Crippen LogP contribution in [0.1, 0.15) is 31.1 Å². The van der Waals surface area contributed by atoms with Gasteiger partial charge in [-0.1, -0.05) is 6.07 Å². The fourth-order valence-corrected chi connectivity index (χ4v) is 3.00. The van der Waals surface area contributed by atoms with Gasteiger partial charge in [0.15, 0.2) is 0 Å². The highest BCUT2D eigenvalue weighted by Crippen LogP contribution is 2.16. The molecule has 7 heteroatoms. The number of amides is 2. The molecule has 0 saturated carbocycles. The summed E-state index contributed by atoms with van der Waals surface area (Å²) >= 11 is 0. The molecule has 2 amide bonds. The fourth-order valence-electron chi connectivity index (χ4n) is 3.00. The van der Waals surface area contributed by atoms with E-state index in [0.29, 0.717) is 43.1 Å². The van der Waals surface area contributed by atoms with Gasteiger partial charge < -0.3 is 19.6 Å². The second-order valence-corrected chi connectivity index (χ2v) is 6.20. The third kappa shape index (κ3) is 4.08. The average molecular weight is 368 g/mol. The van der Waals surface area contributed by atoms with Gasteiger partial charge in [-0.3, -0.25) is 9.59 Å². The van der Waals surface area contributed by atoms with Gasteiger partial charge in [-0.25, -0.2) is 4.79 Å². The van der Waals surface area contributed by atoms with Gasteiger partial charge in [-0.2, -0.15) is 0 Å². The van der Waals surface area contributed by atoms with Gasteiger partial charge >= 0.3 is 5.97 Å². The highest BCUT2D eigenvalue weighted by atomic mass is 16.5. The van der Waals surface area contributed by atoms with E-state index in [1.54, 1.807) is 53.3 Å². The highest BCUT2D eigenvalue weighted by Gasteiger charge is 2.25. The van der Waals surface area contributed by atoms with Gasteiger partial charge in [0.2, 0.25) is 0 Å². The van der Waals surface area contributed by atoms with Crippen LogP contribution in [0.4, 0.5) is 0 Å². The van der Waals surface area contributed by atoms with E-state index in [2.05, 4.69) is 0 Å². The molecule has 1 saturated heterocycles. The maximum Gasteiger partial charge on any atom is 0.335 e. The molecular weight excluding hydrogens is 348 g/mol. The molecule has 140 valence electrons. The monoisotopic (exact) mass is 368 g/mol. The van der Waals surface area contributed by atoms with E-state index < -0.39 is 5.97 Å². The molecule has 0 spiro atoms. The highest BCUT2D eigenvalue weighted by molar-refractivity contribution is 5.98. The van der Waals surface area contributed by atoms with E-state index in [-0.39, 0.29) is 17.4 Å². The van der Waals surface area contributed by atoms with Crippen molar-refractivity contribution in [2.45, 2.75) is 0 Å². The van der Waals surface area contributed by atoms with Crippen LogP contribution in [0.3, 0.4) is 0 Å². The fraction of sp³-hybridized carbons (Fsp3) is 0.250. The molecule has 1 N–H and O–H groups in total. The number of carboxylic acids is 1. The van der Waals surface area contributed by atoms with Crippen LogP contribution >= 0.6 is 0 Å². The van der Waals surface area contributed by atoms with Crippen molar-refractivity contribution in [3.63, 3.8) is 0 Å². The number of nitrogens with zero attached hydrogens (tertiary/aromatic N) is 2. The summed E-state index contributed by atoms with van der Waals surface area (Å²) < 4.78 is 5.09. The average Bonchev–Trinajstić information content (AvgIpc) is 2.73. The largest absolute Gasteiger partial charge is 0.497 e. The van der Waals surface area contributed by atoms with Crippen molar-refractivity contribution in [3.8, 4) is 5.75 Å². The molecule has 0 atom stereocenters. The minimum atomic E-state index is -1.07. The number of hydrogen-bond acceptors (Lipinski definition) is 4. The summed E-state index contributed by atoms with van der Waals surface area (Å²) in [7, 11) is 1.57. The van der Waals surface area contributed by atoms with Gasteiger partial charge in [-0.15, -0.1) is 0 Å². The first kappa shape index (κ1) is 18.4. The zero-order chi connectivity index (χ0) is 19.4. The topological polar surface area (TPSA) is 87.2 Å². The number of hydrogen-bond donors (Lipinski definition) is 1. The lowest BCUT2D eigenvalue weighted by Crippen LogP contribution is -2.50. The molecule has 0 aromatic heterocycles. The van der Waals surface area contributed by atoms with Gasteiger partial charge in [0.25, 0.3) is 11.8 Å². The van der Waals surface area contributed by atoms with Crippen LogP contribution in [0.2, 0.25) is 0 Å². The van der Waals surface area contributed by atoms with Gasteiger partial charge in [0, 0.05) is 37.3 Å². The van der Waals surface area contributed by atoms with Crippen LogP contribution in [0.5, 0.6) is 5.75 Å². The number of piperazine rings is 1. The van der Waals surface area contributed by atoms with E-state index in [1.165, 1.54) is 12.1 Å². The molecular formula is C20H20N2O5. The number of carboxylic acid groups (broad SMARTS) is 1. The Morgan fingerprint density at radius 2 is 1.33 bits per heavy atom. The Hall–Kier alpha value is -3.35. The first-order chi connectivity index (χ1) is 13.0. The standard InChI is InChI=1S/C20H20N2O5/c1-27-17-7-5-14(6-8-17)18(23)21-9-11-22(12-10-21)19(24)15-3-2-4-16(13-15)20(25)26/h2-8,13H,9-12H2,1H3,(H,25,26). The minimum Gasteiger partial charge on any atom is -0.497 e. The quantitative estimate of drug-likeness (QED) is 0.892. The van der Waals surface area contributed by atoms with Crippen LogP contribution < -0.4 is 4.74 Å². The molecule has 7 nitrogen and oxygen atoms in total. The number of carbonyl (C=O) groups excluding carboxylic acids is 2. The molecule has 1 heterocycles. The zero-order valence-electron chi connectivity index (χ0n) is 14.9. The summed E-state index contributed by atoms with van der Waals surface area (Å²) in [5.74, 6) is -0.697. The van der Waals surface area contributed by atoms with Crippen LogP contribution in [-0.4, -0.2) is 66.0 Å². The number of aromatic carboxylic acids is 1. The maximum atomic E-state index is 12.6. The first-order valence-electron chi connectivity index (χ1n) is 8.55. The summed E-state index contributed by atoms with van der Waals surface area (Å²) in [6.07, 6.45) is 0. The summed E-state index contributed by atoms with van der Waals surface area (Å²) in [6.45, 7) is 1.65. The molecule has 0 unspecified atom stereocenters. The molecule has 27 heavy (non-hydrogen) atoms. The molecule has 0 aliphatic carbocycles. The lowest BCUT2D eigenvalue weighted by atomic mass is 10.1. The predicted molar refractivity (Wildman–Crippen MR) is 98.2 cm³/mol. The lowest BCUT2D eigenvalue weighted by molar-refractivity contribution is 0.0535. The minimum absolute atomic E-state index is 0.0779. The van der Waals surface area contributed by atoms with Gasteiger partial charge in [-0.05, 0) is 42.5 Å². The normalized spacial score (nSPS) is 14.0. The van der Waals surface area contributed by atoms with Gasteiger partial charge in [0.1, 0.15) is 5.75 Å². The molecule has 1 fully saturated rings. The lowest BCUT2D eigenvalue weighted by Gasteiger charge is -2.35. The Morgan fingerprint density at radius 3 is 1.85 bits per heavy atom. The summed E-state index contributed by atoms with van der Waals surface area (Å²) in [4.78, 5) is 39.6. The SMILES string of the molecule is COc1ccc(C(=O)N2CCN(C(=O)c3cccc(C(=O)O)c3)CC2)cc1. The number of methoxy groups -OCH3 is 1. The summed E-state index contributed by atoms with van der Waals surface area (Å²) in [5, 5.41) is 9.06. The molecule has 3 rings (SSSR count). The van der Waals surface area contributed by atoms with Crippen molar-refractivity contribution >= 4 is 17.8 Å². The number of carbonyl (C=O) groups is 3. The number of benzene rings is 2. The third-order valence-corrected chi connectivity index (χ3v) is 4.55. The molecule has 1 aliphatic rings. The Balaban J connectivity index is 1.62. The molecule has 1 aliphatic heterocycles. The molecule has 0 radical (unpaired) electrons. The van der Waals surface area contributed by atoms with Crippen LogP contribution in [-0.2, 0) is 0 Å². The van der Waals surface area contributed by atoms with Crippen molar-refractivity contribution in [2.75, 3.05) is 33.3 Å². The van der Waals surface area contributed by atoms with Crippen molar-refractivity contribution < 1.29 is 24.2 Å². The van der Waals surface area contributed by atoms with E-state index >= 15 is 0 Å². The Bertz CT molecular complexity index is 855. The Kier molecular flexibility index (Phi) is 5.40. The molecule has 2 aromatic rings. The van der Waals surface area contributed by atoms with Crippen molar-refractivity contribution in [3.05, 3.63) is 65.2 Å². The number of rotatable bonds is 4. The van der Waals surface area contributed by atoms with E-state index in [0.717, 1.165) is 0 Å². The zero-order valence-corrected chi connectivity index (χ0v) is 14.9. The van der Waals surface area contributed by atoms with E-state index in [1.807, 2.05) is 0 Å². The van der Waals surface area contributed by atoms with Crippen molar-refractivity contribution in [2.24, 2.45) is 0 Å². The van der Waals surface area contributed by atoms with E-state index in [9.17, 15) is 14.4 Å².